The molecular formula is C22H32FIN6O. The maximum absolute atomic E-state index is 14.1. The highest BCUT2D eigenvalue weighted by atomic mass is 127. The van der Waals surface area contributed by atoms with E-state index in [0.29, 0.717) is 17.7 Å². The molecule has 1 N–H and O–H groups in total. The van der Waals surface area contributed by atoms with Crippen LogP contribution in [0.5, 0.6) is 0 Å². The molecule has 0 unspecified atom stereocenters. The molecule has 1 aromatic rings. The van der Waals surface area contributed by atoms with Crippen LogP contribution in [0.25, 0.3) is 0 Å². The third-order valence-corrected chi connectivity index (χ3v) is 5.66. The van der Waals surface area contributed by atoms with Gasteiger partial charge in [0.05, 0.1) is 24.7 Å². The molecule has 31 heavy (non-hydrogen) atoms. The molecule has 1 amide bonds. The number of aliphatic imine (C=N–C) groups is 1. The molecule has 2 heterocycles. The van der Waals surface area contributed by atoms with E-state index >= 15 is 0 Å². The number of carbonyl (C=O) groups is 1. The van der Waals surface area contributed by atoms with Crippen LogP contribution in [0, 0.1) is 17.1 Å². The van der Waals surface area contributed by atoms with Gasteiger partial charge in [-0.05, 0) is 38.3 Å². The number of piperazine rings is 1. The second-order valence-corrected chi connectivity index (χ2v) is 7.79. The van der Waals surface area contributed by atoms with Gasteiger partial charge in [0.25, 0.3) is 0 Å². The first-order valence-electron chi connectivity index (χ1n) is 10.8. The molecule has 0 bridgehead atoms. The molecule has 1 aromatic carbocycles. The summed E-state index contributed by atoms with van der Waals surface area (Å²) in [4.78, 5) is 23.5. The summed E-state index contributed by atoms with van der Waals surface area (Å²) < 4.78 is 14.1. The number of hydrogen-bond acceptors (Lipinski definition) is 4. The lowest BCUT2D eigenvalue weighted by molar-refractivity contribution is -0.133. The Balaban J connectivity index is 0.00000341. The van der Waals surface area contributed by atoms with Gasteiger partial charge in [-0.1, -0.05) is 6.07 Å². The number of amides is 1. The van der Waals surface area contributed by atoms with Crippen molar-refractivity contribution in [1.29, 1.82) is 5.26 Å². The Hall–Kier alpha value is -1.93. The van der Waals surface area contributed by atoms with Gasteiger partial charge in [-0.25, -0.2) is 9.38 Å². The summed E-state index contributed by atoms with van der Waals surface area (Å²) in [5.74, 6) is 0.581. The normalized spacial score (nSPS) is 17.6. The predicted octanol–water partition coefficient (Wildman–Crippen LogP) is 2.41. The zero-order valence-corrected chi connectivity index (χ0v) is 20.5. The van der Waals surface area contributed by atoms with Crippen LogP contribution >= 0.6 is 24.0 Å². The van der Waals surface area contributed by atoms with Gasteiger partial charge in [0.15, 0.2) is 5.96 Å². The lowest BCUT2D eigenvalue weighted by Crippen LogP contribution is -2.54. The van der Waals surface area contributed by atoms with Gasteiger partial charge >= 0.3 is 0 Å². The number of nitrogens with zero attached hydrogens (tertiary/aromatic N) is 5. The molecule has 2 fully saturated rings. The van der Waals surface area contributed by atoms with Crippen molar-refractivity contribution in [2.45, 2.75) is 32.7 Å². The highest BCUT2D eigenvalue weighted by Gasteiger charge is 2.24. The third-order valence-electron chi connectivity index (χ3n) is 5.66. The lowest BCUT2D eigenvalue weighted by atomic mass is 10.1. The summed E-state index contributed by atoms with van der Waals surface area (Å²) >= 11 is 0. The largest absolute Gasteiger partial charge is 0.357 e. The standard InChI is InChI=1S/C22H31FN6O.HI/c1-2-25-22(26-16-19-7-6-18(15-24)14-20(19)23)29-12-10-27(11-13-29)17-21(30)28-8-4-3-5-9-28;/h6-7,14H,2-5,8-13,16-17H2,1H3,(H,25,26);1H. The van der Waals surface area contributed by atoms with Gasteiger partial charge in [0, 0.05) is 51.4 Å². The zero-order valence-electron chi connectivity index (χ0n) is 18.1. The van der Waals surface area contributed by atoms with Crippen molar-refractivity contribution in [3.05, 3.63) is 35.1 Å². The van der Waals surface area contributed by atoms with Crippen LogP contribution in [-0.2, 0) is 11.3 Å². The highest BCUT2D eigenvalue weighted by molar-refractivity contribution is 14.0. The molecule has 0 atom stereocenters. The van der Waals surface area contributed by atoms with E-state index in [1.54, 1.807) is 12.1 Å². The van der Waals surface area contributed by atoms with E-state index in [1.165, 1.54) is 12.5 Å². The van der Waals surface area contributed by atoms with Gasteiger partial charge in [0.2, 0.25) is 5.91 Å². The van der Waals surface area contributed by atoms with Crippen LogP contribution in [0.3, 0.4) is 0 Å². The minimum Gasteiger partial charge on any atom is -0.357 e. The van der Waals surface area contributed by atoms with Crippen molar-refractivity contribution < 1.29 is 9.18 Å². The highest BCUT2D eigenvalue weighted by Crippen LogP contribution is 2.13. The summed E-state index contributed by atoms with van der Waals surface area (Å²) in [6, 6.07) is 6.41. The molecule has 7 nitrogen and oxygen atoms in total. The fourth-order valence-corrected chi connectivity index (χ4v) is 3.88. The SMILES string of the molecule is CCNC(=NCc1ccc(C#N)cc1F)N1CCN(CC(=O)N2CCCCC2)CC1.I. The first-order valence-corrected chi connectivity index (χ1v) is 10.8. The first-order chi connectivity index (χ1) is 14.6. The van der Waals surface area contributed by atoms with Gasteiger partial charge in [-0.3, -0.25) is 9.69 Å². The average molecular weight is 542 g/mol. The van der Waals surface area contributed by atoms with Crippen molar-refractivity contribution in [3.8, 4) is 6.07 Å². The van der Waals surface area contributed by atoms with E-state index in [0.717, 1.165) is 64.6 Å². The first kappa shape index (κ1) is 25.3. The van der Waals surface area contributed by atoms with Gasteiger partial charge in [0.1, 0.15) is 5.82 Å². The molecular weight excluding hydrogens is 510 g/mol. The van der Waals surface area contributed by atoms with Crippen LogP contribution in [0.4, 0.5) is 4.39 Å². The Morgan fingerprint density at radius 1 is 1.13 bits per heavy atom. The quantitative estimate of drug-likeness (QED) is 0.352. The maximum atomic E-state index is 14.1. The number of guanidine groups is 1. The smallest absolute Gasteiger partial charge is 0.236 e. The second-order valence-electron chi connectivity index (χ2n) is 7.79. The van der Waals surface area contributed by atoms with Crippen LogP contribution in [0.2, 0.25) is 0 Å². The van der Waals surface area contributed by atoms with Crippen LogP contribution < -0.4 is 5.32 Å². The van der Waals surface area contributed by atoms with E-state index in [-0.39, 0.29) is 36.4 Å². The molecule has 170 valence electrons. The second kappa shape index (κ2) is 12.8. The molecule has 0 radical (unpaired) electrons. The lowest BCUT2D eigenvalue weighted by Gasteiger charge is -2.37. The summed E-state index contributed by atoms with van der Waals surface area (Å²) in [7, 11) is 0. The van der Waals surface area contributed by atoms with Gasteiger partial charge in [-0.2, -0.15) is 5.26 Å². The van der Waals surface area contributed by atoms with E-state index in [1.807, 2.05) is 17.9 Å². The molecule has 0 spiro atoms. The molecule has 2 saturated heterocycles. The van der Waals surface area contributed by atoms with Crippen molar-refractivity contribution in [2.24, 2.45) is 4.99 Å². The predicted molar refractivity (Wildman–Crippen MR) is 130 cm³/mol. The molecule has 0 saturated carbocycles. The summed E-state index contributed by atoms with van der Waals surface area (Å²) in [5.41, 5.74) is 0.775. The monoisotopic (exact) mass is 542 g/mol. The van der Waals surface area contributed by atoms with Crippen molar-refractivity contribution in [1.82, 2.24) is 20.0 Å². The number of halogens is 2. The zero-order chi connectivity index (χ0) is 21.3. The third kappa shape index (κ3) is 7.31. The topological polar surface area (TPSA) is 75.0 Å². The molecule has 0 aliphatic carbocycles. The molecule has 2 aliphatic rings. The number of nitrogens with one attached hydrogen (secondary N) is 1. The molecule has 0 aromatic heterocycles. The number of nitriles is 1. The van der Waals surface area contributed by atoms with Crippen molar-refractivity contribution >= 4 is 35.8 Å². The Morgan fingerprint density at radius 2 is 1.84 bits per heavy atom. The Bertz CT molecular complexity index is 798. The number of benzene rings is 1. The van der Waals surface area contributed by atoms with Crippen LogP contribution in [0.15, 0.2) is 23.2 Å². The van der Waals surface area contributed by atoms with Gasteiger partial charge < -0.3 is 15.1 Å². The average Bonchev–Trinajstić information content (AvgIpc) is 2.78. The molecule has 2 aliphatic heterocycles. The Kier molecular flexibility index (Phi) is 10.5. The Morgan fingerprint density at radius 3 is 2.45 bits per heavy atom. The Labute approximate surface area is 201 Å². The number of likely N-dealkylation sites (tertiary alicyclic amines) is 1. The molecule has 9 heteroatoms. The minimum absolute atomic E-state index is 0. The summed E-state index contributed by atoms with van der Waals surface area (Å²) in [5, 5.41) is 12.2. The van der Waals surface area contributed by atoms with E-state index in [4.69, 9.17) is 5.26 Å². The van der Waals surface area contributed by atoms with E-state index in [9.17, 15) is 9.18 Å². The number of piperidine rings is 1. The van der Waals surface area contributed by atoms with E-state index < -0.39 is 5.82 Å². The van der Waals surface area contributed by atoms with Crippen molar-refractivity contribution in [2.75, 3.05) is 52.4 Å². The van der Waals surface area contributed by atoms with Crippen molar-refractivity contribution in [3.63, 3.8) is 0 Å². The fraction of sp³-hybridized carbons (Fsp3) is 0.591. The summed E-state index contributed by atoms with van der Waals surface area (Å²) in [6.45, 7) is 8.36. The van der Waals surface area contributed by atoms with Crippen LogP contribution in [-0.4, -0.2) is 78.9 Å². The number of carbonyl (C=O) groups excluding carboxylic acids is 1. The maximum Gasteiger partial charge on any atom is 0.236 e. The van der Waals surface area contributed by atoms with E-state index in [2.05, 4.69) is 20.1 Å². The van der Waals surface area contributed by atoms with Gasteiger partial charge in [-0.15, -0.1) is 24.0 Å². The summed E-state index contributed by atoms with van der Waals surface area (Å²) in [6.07, 6.45) is 3.45. The van der Waals surface area contributed by atoms with Crippen LogP contribution in [0.1, 0.15) is 37.3 Å². The number of rotatable bonds is 5. The number of hydrogen-bond donors (Lipinski definition) is 1. The molecule has 3 rings (SSSR count). The minimum atomic E-state index is -0.408. The fourth-order valence-electron chi connectivity index (χ4n) is 3.88.